The van der Waals surface area contributed by atoms with Crippen LogP contribution in [0.5, 0.6) is 0 Å². The van der Waals surface area contributed by atoms with Crippen molar-refractivity contribution in [2.75, 3.05) is 24.8 Å². The predicted octanol–water partition coefficient (Wildman–Crippen LogP) is 2.36. The van der Waals surface area contributed by atoms with Crippen LogP contribution in [0.3, 0.4) is 0 Å². The Hall–Kier alpha value is -1.27. The van der Waals surface area contributed by atoms with E-state index < -0.39 is 4.92 Å². The molecule has 1 aromatic rings. The van der Waals surface area contributed by atoms with E-state index >= 15 is 0 Å². The molecule has 18 heavy (non-hydrogen) atoms. The second-order valence-electron chi connectivity index (χ2n) is 4.37. The van der Waals surface area contributed by atoms with Crippen molar-refractivity contribution in [1.29, 1.82) is 0 Å². The highest BCUT2D eigenvalue weighted by molar-refractivity contribution is 7.98. The molecule has 6 heteroatoms. The normalized spacial score (nSPS) is 12.7. The number of nitrogens with zero attached hydrogens (tertiary/aromatic N) is 2. The average Bonchev–Trinajstić information content (AvgIpc) is 2.31. The SMILES string of the molecule is CSCC(C)N(C)Cc1ccc(N)c([N+](=O)[O-])c1. The summed E-state index contributed by atoms with van der Waals surface area (Å²) in [6.07, 6.45) is 2.07. The van der Waals surface area contributed by atoms with Gasteiger partial charge in [-0.1, -0.05) is 6.07 Å². The minimum Gasteiger partial charge on any atom is -0.393 e. The van der Waals surface area contributed by atoms with Gasteiger partial charge in [-0.25, -0.2) is 0 Å². The van der Waals surface area contributed by atoms with Crippen LogP contribution in [0.15, 0.2) is 18.2 Å². The summed E-state index contributed by atoms with van der Waals surface area (Å²) < 4.78 is 0. The molecule has 0 saturated carbocycles. The summed E-state index contributed by atoms with van der Waals surface area (Å²) in [4.78, 5) is 12.5. The Morgan fingerprint density at radius 3 is 2.78 bits per heavy atom. The summed E-state index contributed by atoms with van der Waals surface area (Å²) in [5, 5.41) is 10.8. The lowest BCUT2D eigenvalue weighted by molar-refractivity contribution is -0.384. The Morgan fingerprint density at radius 2 is 2.22 bits per heavy atom. The lowest BCUT2D eigenvalue weighted by atomic mass is 10.1. The van der Waals surface area contributed by atoms with Gasteiger partial charge in [-0.15, -0.1) is 0 Å². The molecule has 0 fully saturated rings. The zero-order valence-corrected chi connectivity index (χ0v) is 11.7. The number of anilines is 1. The van der Waals surface area contributed by atoms with Gasteiger partial charge in [-0.05, 0) is 31.9 Å². The third-order valence-corrected chi connectivity index (χ3v) is 3.70. The fourth-order valence-corrected chi connectivity index (χ4v) is 2.39. The maximum absolute atomic E-state index is 10.8. The van der Waals surface area contributed by atoms with Crippen LogP contribution >= 0.6 is 11.8 Å². The molecule has 0 aliphatic heterocycles. The van der Waals surface area contributed by atoms with Crippen LogP contribution in [0.2, 0.25) is 0 Å². The van der Waals surface area contributed by atoms with Gasteiger partial charge in [0.25, 0.3) is 5.69 Å². The molecule has 0 amide bonds. The molecule has 5 nitrogen and oxygen atoms in total. The first-order valence-electron chi connectivity index (χ1n) is 5.67. The Bertz CT molecular complexity index is 426. The number of benzene rings is 1. The number of thioether (sulfide) groups is 1. The molecule has 1 aromatic carbocycles. The van der Waals surface area contributed by atoms with E-state index in [0.717, 1.165) is 11.3 Å². The number of nitrogen functional groups attached to an aromatic ring is 1. The van der Waals surface area contributed by atoms with Crippen LogP contribution in [-0.2, 0) is 6.54 Å². The summed E-state index contributed by atoms with van der Waals surface area (Å²) in [7, 11) is 2.02. The van der Waals surface area contributed by atoms with E-state index in [-0.39, 0.29) is 11.4 Å². The third kappa shape index (κ3) is 3.89. The van der Waals surface area contributed by atoms with Gasteiger partial charge < -0.3 is 5.73 Å². The number of nitro groups is 1. The van der Waals surface area contributed by atoms with Crippen molar-refractivity contribution < 1.29 is 4.92 Å². The number of rotatable bonds is 6. The highest BCUT2D eigenvalue weighted by Gasteiger charge is 2.14. The van der Waals surface area contributed by atoms with Gasteiger partial charge in [0.2, 0.25) is 0 Å². The van der Waals surface area contributed by atoms with Gasteiger partial charge in [0.15, 0.2) is 0 Å². The van der Waals surface area contributed by atoms with Gasteiger partial charge in [0.05, 0.1) is 4.92 Å². The monoisotopic (exact) mass is 269 g/mol. The number of hydrogen-bond acceptors (Lipinski definition) is 5. The molecule has 0 heterocycles. The van der Waals surface area contributed by atoms with Gasteiger partial charge in [-0.2, -0.15) is 11.8 Å². The third-order valence-electron chi connectivity index (χ3n) is 2.88. The quantitative estimate of drug-likeness (QED) is 0.487. The smallest absolute Gasteiger partial charge is 0.292 e. The van der Waals surface area contributed by atoms with Crippen molar-refractivity contribution in [3.63, 3.8) is 0 Å². The first kappa shape index (κ1) is 14.8. The van der Waals surface area contributed by atoms with Gasteiger partial charge in [0, 0.05) is 24.4 Å². The van der Waals surface area contributed by atoms with Crippen molar-refractivity contribution in [3.8, 4) is 0 Å². The molecular formula is C12H19N3O2S. The highest BCUT2D eigenvalue weighted by Crippen LogP contribution is 2.23. The van der Waals surface area contributed by atoms with E-state index in [4.69, 9.17) is 5.73 Å². The molecule has 0 aliphatic rings. The first-order valence-corrected chi connectivity index (χ1v) is 7.07. The first-order chi connectivity index (χ1) is 8.45. The van der Waals surface area contributed by atoms with Crippen molar-refractivity contribution in [1.82, 2.24) is 4.90 Å². The number of nitrogens with two attached hydrogens (primary N) is 1. The topological polar surface area (TPSA) is 72.4 Å². The van der Waals surface area contributed by atoms with E-state index in [0.29, 0.717) is 12.6 Å². The second-order valence-corrected chi connectivity index (χ2v) is 5.28. The van der Waals surface area contributed by atoms with E-state index in [2.05, 4.69) is 18.1 Å². The van der Waals surface area contributed by atoms with Gasteiger partial charge in [-0.3, -0.25) is 15.0 Å². The van der Waals surface area contributed by atoms with Gasteiger partial charge >= 0.3 is 0 Å². The average molecular weight is 269 g/mol. The van der Waals surface area contributed by atoms with Crippen LogP contribution in [0, 0.1) is 10.1 Å². The summed E-state index contributed by atoms with van der Waals surface area (Å²) in [5.41, 5.74) is 6.68. The van der Waals surface area contributed by atoms with Crippen LogP contribution in [0.4, 0.5) is 11.4 Å². The minimum atomic E-state index is -0.440. The molecule has 0 radical (unpaired) electrons. The van der Waals surface area contributed by atoms with Crippen LogP contribution in [-0.4, -0.2) is 34.9 Å². The van der Waals surface area contributed by atoms with Crippen molar-refractivity contribution in [2.45, 2.75) is 19.5 Å². The standard InChI is InChI=1S/C12H19N3O2S/c1-9(8-18-3)14(2)7-10-4-5-11(13)12(6-10)15(16)17/h4-6,9H,7-8,13H2,1-3H3. The van der Waals surface area contributed by atoms with Crippen LogP contribution in [0.1, 0.15) is 12.5 Å². The van der Waals surface area contributed by atoms with E-state index in [1.807, 2.05) is 13.1 Å². The molecule has 0 aromatic heterocycles. The predicted molar refractivity (Wildman–Crippen MR) is 76.8 cm³/mol. The lowest BCUT2D eigenvalue weighted by Gasteiger charge is -2.24. The van der Waals surface area contributed by atoms with E-state index in [9.17, 15) is 10.1 Å². The zero-order chi connectivity index (χ0) is 13.7. The molecule has 0 aliphatic carbocycles. The molecule has 0 bridgehead atoms. The molecule has 2 N–H and O–H groups in total. The van der Waals surface area contributed by atoms with Crippen LogP contribution in [0.25, 0.3) is 0 Å². The van der Waals surface area contributed by atoms with Crippen molar-refractivity contribution >= 4 is 23.1 Å². The van der Waals surface area contributed by atoms with E-state index in [1.54, 1.807) is 23.9 Å². The fourth-order valence-electron chi connectivity index (χ4n) is 1.66. The molecular weight excluding hydrogens is 250 g/mol. The molecule has 0 saturated heterocycles. The van der Waals surface area contributed by atoms with Crippen molar-refractivity contribution in [2.24, 2.45) is 0 Å². The fraction of sp³-hybridized carbons (Fsp3) is 0.500. The summed E-state index contributed by atoms with van der Waals surface area (Å²) >= 11 is 1.79. The van der Waals surface area contributed by atoms with Crippen molar-refractivity contribution in [3.05, 3.63) is 33.9 Å². The Labute approximate surface area is 111 Å². The van der Waals surface area contributed by atoms with E-state index in [1.165, 1.54) is 0 Å². The highest BCUT2D eigenvalue weighted by atomic mass is 32.2. The summed E-state index contributed by atoms with van der Waals surface area (Å²) in [6.45, 7) is 2.82. The largest absolute Gasteiger partial charge is 0.393 e. The molecule has 100 valence electrons. The maximum atomic E-state index is 10.8. The number of nitro benzene ring substituents is 1. The molecule has 1 unspecified atom stereocenters. The lowest BCUT2D eigenvalue weighted by Crippen LogP contribution is -2.30. The molecule has 1 atom stereocenters. The molecule has 1 rings (SSSR count). The maximum Gasteiger partial charge on any atom is 0.292 e. The summed E-state index contributed by atoms with van der Waals surface area (Å²) in [5.74, 6) is 1.04. The minimum absolute atomic E-state index is 0.0154. The Morgan fingerprint density at radius 1 is 1.56 bits per heavy atom. The summed E-state index contributed by atoms with van der Waals surface area (Å²) in [6, 6.07) is 5.42. The Kier molecular flexibility index (Phi) is 5.43. The second kappa shape index (κ2) is 6.61. The van der Waals surface area contributed by atoms with Crippen LogP contribution < -0.4 is 5.73 Å². The molecule has 0 spiro atoms. The van der Waals surface area contributed by atoms with Gasteiger partial charge in [0.1, 0.15) is 5.69 Å². The zero-order valence-electron chi connectivity index (χ0n) is 10.9. The number of hydrogen-bond donors (Lipinski definition) is 1. The Balaban J connectivity index is 2.79.